The summed E-state index contributed by atoms with van der Waals surface area (Å²) in [4.78, 5) is 13.2. The molecule has 1 aromatic heterocycles. The summed E-state index contributed by atoms with van der Waals surface area (Å²) in [5, 5.41) is 12.8. The molecule has 0 aliphatic carbocycles. The Morgan fingerprint density at radius 1 is 0.795 bits per heavy atom. The number of aromatic nitrogens is 3. The molecular weight excluding hydrogens is 508 g/mol. The van der Waals surface area contributed by atoms with Crippen molar-refractivity contribution in [3.63, 3.8) is 0 Å². The molecule has 5 aromatic rings. The van der Waals surface area contributed by atoms with Crippen molar-refractivity contribution in [1.82, 2.24) is 14.8 Å². The Hall–Kier alpha value is -4.56. The third-order valence-electron chi connectivity index (χ3n) is 6.20. The van der Waals surface area contributed by atoms with Crippen molar-refractivity contribution in [2.75, 3.05) is 19.5 Å². The first kappa shape index (κ1) is 26.1. The third-order valence-corrected chi connectivity index (χ3v) is 7.18. The van der Waals surface area contributed by atoms with Crippen LogP contribution in [0.1, 0.15) is 27.3 Å². The summed E-state index contributed by atoms with van der Waals surface area (Å²) in [6, 6.07) is 32.9. The summed E-state index contributed by atoms with van der Waals surface area (Å²) >= 11 is 1.54. The van der Waals surface area contributed by atoms with Crippen LogP contribution in [0.25, 0.3) is 5.69 Å². The molecule has 5 rings (SSSR count). The van der Waals surface area contributed by atoms with Crippen LogP contribution in [0.3, 0.4) is 0 Å². The molecule has 0 fully saturated rings. The standard InChI is InChI=1S/C31H28N4O3S/c1-37-26-16-12-24(13-17-26)32-30(36)28-11-7-6-10-23(28)21-39-31-34-33-29(20-22-8-4-3-5-9-22)35(31)25-14-18-27(38-2)19-15-25/h3-19H,20-21H2,1-2H3,(H,32,36). The highest BCUT2D eigenvalue weighted by molar-refractivity contribution is 7.98. The Morgan fingerprint density at radius 3 is 2.13 bits per heavy atom. The van der Waals surface area contributed by atoms with Crippen molar-refractivity contribution in [3.05, 3.63) is 126 Å². The largest absolute Gasteiger partial charge is 0.497 e. The van der Waals surface area contributed by atoms with Crippen LogP contribution in [-0.2, 0) is 12.2 Å². The Kier molecular flexibility index (Phi) is 8.23. The average molecular weight is 537 g/mol. The molecule has 0 spiro atoms. The normalized spacial score (nSPS) is 10.7. The summed E-state index contributed by atoms with van der Waals surface area (Å²) in [5.41, 5.74) is 4.31. The predicted molar refractivity (Wildman–Crippen MR) is 154 cm³/mol. The Bertz CT molecular complexity index is 1530. The number of ether oxygens (including phenoxy) is 2. The van der Waals surface area contributed by atoms with Crippen molar-refractivity contribution < 1.29 is 14.3 Å². The third kappa shape index (κ3) is 6.30. The van der Waals surface area contributed by atoms with Gasteiger partial charge in [0, 0.05) is 29.1 Å². The number of carbonyl (C=O) groups excluding carboxylic acids is 1. The summed E-state index contributed by atoms with van der Waals surface area (Å²) in [5.74, 6) is 2.73. The second kappa shape index (κ2) is 12.3. The van der Waals surface area contributed by atoms with Crippen LogP contribution < -0.4 is 14.8 Å². The monoisotopic (exact) mass is 536 g/mol. The molecule has 1 amide bonds. The zero-order valence-corrected chi connectivity index (χ0v) is 22.5. The van der Waals surface area contributed by atoms with E-state index < -0.39 is 0 Å². The highest BCUT2D eigenvalue weighted by Crippen LogP contribution is 2.29. The number of carbonyl (C=O) groups is 1. The van der Waals surface area contributed by atoms with Crippen molar-refractivity contribution in [2.45, 2.75) is 17.3 Å². The molecule has 4 aromatic carbocycles. The molecule has 196 valence electrons. The van der Waals surface area contributed by atoms with E-state index >= 15 is 0 Å². The molecule has 8 heteroatoms. The molecule has 0 saturated carbocycles. The lowest BCUT2D eigenvalue weighted by Gasteiger charge is -2.13. The van der Waals surface area contributed by atoms with Gasteiger partial charge in [-0.3, -0.25) is 9.36 Å². The fourth-order valence-electron chi connectivity index (χ4n) is 4.16. The molecule has 1 heterocycles. The minimum atomic E-state index is -0.169. The first-order valence-corrected chi connectivity index (χ1v) is 13.4. The molecule has 0 unspecified atom stereocenters. The van der Waals surface area contributed by atoms with Crippen LogP contribution in [0.15, 0.2) is 108 Å². The lowest BCUT2D eigenvalue weighted by Crippen LogP contribution is -2.14. The molecule has 0 saturated heterocycles. The van der Waals surface area contributed by atoms with Crippen LogP contribution in [0.2, 0.25) is 0 Å². The molecule has 7 nitrogen and oxygen atoms in total. The number of thioether (sulfide) groups is 1. The van der Waals surface area contributed by atoms with Crippen LogP contribution >= 0.6 is 11.8 Å². The van der Waals surface area contributed by atoms with E-state index in [1.165, 1.54) is 0 Å². The maximum Gasteiger partial charge on any atom is 0.255 e. The van der Waals surface area contributed by atoms with Crippen LogP contribution in [0, 0.1) is 0 Å². The number of anilines is 1. The molecular formula is C31H28N4O3S. The summed E-state index contributed by atoms with van der Waals surface area (Å²) in [6.45, 7) is 0. The number of methoxy groups -OCH3 is 2. The van der Waals surface area contributed by atoms with Crippen LogP contribution in [0.5, 0.6) is 11.5 Å². The molecule has 0 aliphatic rings. The van der Waals surface area contributed by atoms with Gasteiger partial charge < -0.3 is 14.8 Å². The summed E-state index contributed by atoms with van der Waals surface area (Å²) < 4.78 is 12.6. The molecule has 0 radical (unpaired) electrons. The van der Waals surface area contributed by atoms with Gasteiger partial charge in [-0.15, -0.1) is 10.2 Å². The Morgan fingerprint density at radius 2 is 1.44 bits per heavy atom. The molecule has 39 heavy (non-hydrogen) atoms. The minimum Gasteiger partial charge on any atom is -0.497 e. The van der Waals surface area contributed by atoms with Crippen molar-refractivity contribution in [3.8, 4) is 17.2 Å². The van der Waals surface area contributed by atoms with Crippen molar-refractivity contribution in [1.29, 1.82) is 0 Å². The van der Waals surface area contributed by atoms with Gasteiger partial charge in [0.1, 0.15) is 17.3 Å². The van der Waals surface area contributed by atoms with E-state index in [1.54, 1.807) is 26.0 Å². The van der Waals surface area contributed by atoms with E-state index in [2.05, 4.69) is 32.2 Å². The second-order valence-corrected chi connectivity index (χ2v) is 9.67. The first-order valence-electron chi connectivity index (χ1n) is 12.4. The lowest BCUT2D eigenvalue weighted by atomic mass is 10.1. The minimum absolute atomic E-state index is 0.169. The van der Waals surface area contributed by atoms with Crippen LogP contribution in [0.4, 0.5) is 5.69 Å². The molecule has 1 N–H and O–H groups in total. The van der Waals surface area contributed by atoms with Gasteiger partial charge in [-0.05, 0) is 65.7 Å². The van der Waals surface area contributed by atoms with E-state index in [0.717, 1.165) is 39.3 Å². The summed E-state index contributed by atoms with van der Waals surface area (Å²) in [7, 11) is 3.26. The van der Waals surface area contributed by atoms with E-state index in [0.29, 0.717) is 23.4 Å². The number of hydrogen-bond acceptors (Lipinski definition) is 6. The van der Waals surface area contributed by atoms with E-state index in [9.17, 15) is 4.79 Å². The fraction of sp³-hybridized carbons (Fsp3) is 0.129. The smallest absolute Gasteiger partial charge is 0.255 e. The highest BCUT2D eigenvalue weighted by atomic mass is 32.2. The SMILES string of the molecule is COc1ccc(NC(=O)c2ccccc2CSc2nnc(Cc3ccccc3)n2-c2ccc(OC)cc2)cc1. The van der Waals surface area contributed by atoms with Crippen LogP contribution in [-0.4, -0.2) is 34.9 Å². The number of nitrogens with one attached hydrogen (secondary N) is 1. The number of nitrogens with zero attached hydrogens (tertiary/aromatic N) is 3. The quantitative estimate of drug-likeness (QED) is 0.208. The number of amides is 1. The number of benzene rings is 4. The van der Waals surface area contributed by atoms with Crippen molar-refractivity contribution in [2.24, 2.45) is 0 Å². The first-order chi connectivity index (χ1) is 19.1. The van der Waals surface area contributed by atoms with Gasteiger partial charge in [-0.1, -0.05) is 60.3 Å². The zero-order chi connectivity index (χ0) is 27.0. The van der Waals surface area contributed by atoms with Crippen molar-refractivity contribution >= 4 is 23.4 Å². The van der Waals surface area contributed by atoms with E-state index in [4.69, 9.17) is 9.47 Å². The average Bonchev–Trinajstić information content (AvgIpc) is 3.39. The fourth-order valence-corrected chi connectivity index (χ4v) is 5.13. The van der Waals surface area contributed by atoms with Gasteiger partial charge in [0.15, 0.2) is 5.16 Å². The van der Waals surface area contributed by atoms with Gasteiger partial charge in [-0.2, -0.15) is 0 Å². The predicted octanol–water partition coefficient (Wildman–Crippen LogP) is 6.42. The summed E-state index contributed by atoms with van der Waals surface area (Å²) in [6.07, 6.45) is 0.640. The van der Waals surface area contributed by atoms with Gasteiger partial charge >= 0.3 is 0 Å². The van der Waals surface area contributed by atoms with Gasteiger partial charge in [0.05, 0.1) is 14.2 Å². The Balaban J connectivity index is 1.39. The maximum atomic E-state index is 13.2. The maximum absolute atomic E-state index is 13.2. The topological polar surface area (TPSA) is 78.3 Å². The highest BCUT2D eigenvalue weighted by Gasteiger charge is 2.17. The van der Waals surface area contributed by atoms with E-state index in [1.807, 2.05) is 91.0 Å². The van der Waals surface area contributed by atoms with Gasteiger partial charge in [0.25, 0.3) is 5.91 Å². The second-order valence-electron chi connectivity index (χ2n) is 8.72. The van der Waals surface area contributed by atoms with Gasteiger partial charge in [0.2, 0.25) is 0 Å². The zero-order valence-electron chi connectivity index (χ0n) is 21.7. The lowest BCUT2D eigenvalue weighted by molar-refractivity contribution is 0.102. The number of hydrogen-bond donors (Lipinski definition) is 1. The van der Waals surface area contributed by atoms with Gasteiger partial charge in [-0.25, -0.2) is 0 Å². The molecule has 0 bridgehead atoms. The number of rotatable bonds is 10. The molecule has 0 aliphatic heterocycles. The van der Waals surface area contributed by atoms with E-state index in [-0.39, 0.29) is 5.91 Å². The molecule has 0 atom stereocenters. The Labute approximate surface area is 231 Å².